The van der Waals surface area contributed by atoms with Crippen molar-refractivity contribution in [1.29, 1.82) is 0 Å². The summed E-state index contributed by atoms with van der Waals surface area (Å²) in [6.07, 6.45) is 10.7. The Morgan fingerprint density at radius 3 is 2.72 bits per heavy atom. The normalized spacial score (nSPS) is 40.2. The SMILES string of the molecule is CO[C@H]1CC(CCCC2(C)CC(N)C2)=CC[C@H]1N. The van der Waals surface area contributed by atoms with E-state index in [0.717, 1.165) is 12.8 Å². The largest absolute Gasteiger partial charge is 0.379 e. The van der Waals surface area contributed by atoms with E-state index in [-0.39, 0.29) is 12.1 Å². The van der Waals surface area contributed by atoms with Crippen molar-refractivity contribution in [3.63, 3.8) is 0 Å². The maximum atomic E-state index is 6.01. The summed E-state index contributed by atoms with van der Waals surface area (Å²) >= 11 is 0. The molecule has 3 heteroatoms. The highest BCUT2D eigenvalue weighted by molar-refractivity contribution is 5.11. The third-order valence-electron chi connectivity index (χ3n) is 4.71. The van der Waals surface area contributed by atoms with Gasteiger partial charge in [0.15, 0.2) is 0 Å². The van der Waals surface area contributed by atoms with Gasteiger partial charge in [-0.2, -0.15) is 0 Å². The van der Waals surface area contributed by atoms with Crippen molar-refractivity contribution in [1.82, 2.24) is 0 Å². The topological polar surface area (TPSA) is 61.3 Å². The lowest BCUT2D eigenvalue weighted by Gasteiger charge is -2.44. The van der Waals surface area contributed by atoms with Crippen LogP contribution in [0.2, 0.25) is 0 Å². The van der Waals surface area contributed by atoms with Crippen molar-refractivity contribution in [2.45, 2.75) is 70.1 Å². The van der Waals surface area contributed by atoms with Crippen molar-refractivity contribution in [2.75, 3.05) is 7.11 Å². The molecule has 2 atom stereocenters. The van der Waals surface area contributed by atoms with Gasteiger partial charge in [-0.25, -0.2) is 0 Å². The number of methoxy groups -OCH3 is 1. The zero-order chi connectivity index (χ0) is 13.2. The lowest BCUT2D eigenvalue weighted by atomic mass is 9.64. The van der Waals surface area contributed by atoms with E-state index in [1.165, 1.54) is 37.7 Å². The minimum absolute atomic E-state index is 0.181. The summed E-state index contributed by atoms with van der Waals surface area (Å²) in [5.74, 6) is 0. The molecule has 1 fully saturated rings. The highest BCUT2D eigenvalue weighted by Gasteiger charge is 2.37. The number of hydrogen-bond donors (Lipinski definition) is 2. The fourth-order valence-electron chi connectivity index (χ4n) is 3.56. The second-order valence-corrected chi connectivity index (χ2v) is 6.57. The molecule has 4 N–H and O–H groups in total. The molecule has 18 heavy (non-hydrogen) atoms. The number of ether oxygens (including phenoxy) is 1. The maximum Gasteiger partial charge on any atom is 0.0762 e. The van der Waals surface area contributed by atoms with E-state index in [1.54, 1.807) is 7.11 Å². The molecule has 2 aliphatic rings. The van der Waals surface area contributed by atoms with Crippen LogP contribution in [0.15, 0.2) is 11.6 Å². The Bertz CT molecular complexity index is 308. The Labute approximate surface area is 111 Å². The highest BCUT2D eigenvalue weighted by Crippen LogP contribution is 2.44. The van der Waals surface area contributed by atoms with Gasteiger partial charge in [0.1, 0.15) is 0 Å². The zero-order valence-corrected chi connectivity index (χ0v) is 11.8. The van der Waals surface area contributed by atoms with E-state index in [1.807, 2.05) is 0 Å². The predicted molar refractivity (Wildman–Crippen MR) is 75.3 cm³/mol. The van der Waals surface area contributed by atoms with Crippen molar-refractivity contribution in [3.8, 4) is 0 Å². The molecular formula is C15H28N2O. The van der Waals surface area contributed by atoms with Crippen LogP contribution in [-0.4, -0.2) is 25.3 Å². The molecule has 2 rings (SSSR count). The smallest absolute Gasteiger partial charge is 0.0762 e. The molecule has 0 saturated heterocycles. The van der Waals surface area contributed by atoms with Crippen LogP contribution in [0.3, 0.4) is 0 Å². The molecule has 0 aliphatic heterocycles. The Morgan fingerprint density at radius 1 is 1.39 bits per heavy atom. The summed E-state index contributed by atoms with van der Waals surface area (Å²) in [5.41, 5.74) is 13.9. The molecule has 104 valence electrons. The Hall–Kier alpha value is -0.380. The third-order valence-corrected chi connectivity index (χ3v) is 4.71. The number of nitrogens with two attached hydrogens (primary N) is 2. The van der Waals surface area contributed by atoms with E-state index in [0.29, 0.717) is 11.5 Å². The molecule has 0 unspecified atom stereocenters. The van der Waals surface area contributed by atoms with Crippen LogP contribution in [0.25, 0.3) is 0 Å². The fraction of sp³-hybridized carbons (Fsp3) is 0.867. The number of hydrogen-bond acceptors (Lipinski definition) is 3. The van der Waals surface area contributed by atoms with Gasteiger partial charge in [-0.1, -0.05) is 18.6 Å². The van der Waals surface area contributed by atoms with Gasteiger partial charge in [0, 0.05) is 19.2 Å². The van der Waals surface area contributed by atoms with Gasteiger partial charge in [-0.05, 0) is 50.4 Å². The minimum atomic E-state index is 0.181. The molecule has 1 saturated carbocycles. The average Bonchev–Trinajstić information content (AvgIpc) is 2.29. The van der Waals surface area contributed by atoms with Crippen LogP contribution in [-0.2, 0) is 4.74 Å². The summed E-state index contributed by atoms with van der Waals surface area (Å²) in [4.78, 5) is 0. The lowest BCUT2D eigenvalue weighted by molar-refractivity contribution is 0.0754. The van der Waals surface area contributed by atoms with Crippen LogP contribution >= 0.6 is 0 Å². The third kappa shape index (κ3) is 3.34. The molecule has 0 aromatic carbocycles. The molecule has 0 bridgehead atoms. The second-order valence-electron chi connectivity index (χ2n) is 6.57. The van der Waals surface area contributed by atoms with Gasteiger partial charge < -0.3 is 16.2 Å². The Morgan fingerprint density at radius 2 is 2.11 bits per heavy atom. The molecule has 0 aromatic rings. The lowest BCUT2D eigenvalue weighted by Crippen LogP contribution is -2.44. The fourth-order valence-corrected chi connectivity index (χ4v) is 3.56. The van der Waals surface area contributed by atoms with Gasteiger partial charge in [-0.15, -0.1) is 0 Å². The summed E-state index contributed by atoms with van der Waals surface area (Å²) < 4.78 is 5.44. The van der Waals surface area contributed by atoms with Crippen molar-refractivity contribution in [3.05, 3.63) is 11.6 Å². The molecule has 2 aliphatic carbocycles. The summed E-state index contributed by atoms with van der Waals surface area (Å²) in [5, 5.41) is 0. The van der Waals surface area contributed by atoms with E-state index in [4.69, 9.17) is 16.2 Å². The van der Waals surface area contributed by atoms with E-state index in [9.17, 15) is 0 Å². The van der Waals surface area contributed by atoms with Gasteiger partial charge in [0.05, 0.1) is 6.10 Å². The standard InChI is InChI=1S/C15H28N2O/c1-15(9-12(16)10-15)7-3-4-11-5-6-13(17)14(8-11)18-2/h5,12-14H,3-4,6-10,16-17H2,1-2H3/t12?,13-,14+,15?/m1/s1. The van der Waals surface area contributed by atoms with Crippen molar-refractivity contribution < 1.29 is 4.74 Å². The van der Waals surface area contributed by atoms with Gasteiger partial charge in [0.2, 0.25) is 0 Å². The van der Waals surface area contributed by atoms with Crippen molar-refractivity contribution in [2.24, 2.45) is 16.9 Å². The first-order valence-electron chi connectivity index (χ1n) is 7.24. The molecule has 0 heterocycles. The monoisotopic (exact) mass is 252 g/mol. The Kier molecular flexibility index (Phi) is 4.46. The minimum Gasteiger partial charge on any atom is -0.379 e. The first kappa shape index (κ1) is 14.0. The van der Waals surface area contributed by atoms with Crippen LogP contribution in [0.4, 0.5) is 0 Å². The van der Waals surface area contributed by atoms with Gasteiger partial charge >= 0.3 is 0 Å². The van der Waals surface area contributed by atoms with Crippen LogP contribution < -0.4 is 11.5 Å². The molecule has 0 spiro atoms. The molecular weight excluding hydrogens is 224 g/mol. The Balaban J connectivity index is 1.71. The summed E-state index contributed by atoms with van der Waals surface area (Å²) in [6.45, 7) is 2.37. The van der Waals surface area contributed by atoms with E-state index in [2.05, 4.69) is 13.0 Å². The quantitative estimate of drug-likeness (QED) is 0.738. The van der Waals surface area contributed by atoms with Crippen molar-refractivity contribution >= 4 is 0 Å². The number of rotatable bonds is 5. The van der Waals surface area contributed by atoms with Crippen LogP contribution in [0.1, 0.15) is 51.9 Å². The first-order chi connectivity index (χ1) is 8.52. The molecule has 0 radical (unpaired) electrons. The molecule has 0 amide bonds. The molecule has 0 aromatic heterocycles. The maximum absolute atomic E-state index is 6.01. The first-order valence-corrected chi connectivity index (χ1v) is 7.24. The van der Waals surface area contributed by atoms with Gasteiger partial charge in [0.25, 0.3) is 0 Å². The second kappa shape index (κ2) is 5.72. The highest BCUT2D eigenvalue weighted by atomic mass is 16.5. The van der Waals surface area contributed by atoms with Gasteiger partial charge in [-0.3, -0.25) is 0 Å². The van der Waals surface area contributed by atoms with Crippen LogP contribution in [0.5, 0.6) is 0 Å². The van der Waals surface area contributed by atoms with E-state index < -0.39 is 0 Å². The predicted octanol–water partition coefficient (Wildman–Crippen LogP) is 2.35. The molecule has 3 nitrogen and oxygen atoms in total. The zero-order valence-electron chi connectivity index (χ0n) is 11.8. The van der Waals surface area contributed by atoms with Crippen LogP contribution in [0, 0.1) is 5.41 Å². The summed E-state index contributed by atoms with van der Waals surface area (Å²) in [6, 6.07) is 0.640. The average molecular weight is 252 g/mol. The van der Waals surface area contributed by atoms with E-state index >= 15 is 0 Å². The summed E-state index contributed by atoms with van der Waals surface area (Å²) in [7, 11) is 1.77.